The van der Waals surface area contributed by atoms with Crippen LogP contribution in [0.15, 0.2) is 36.4 Å². The van der Waals surface area contributed by atoms with Crippen molar-refractivity contribution in [2.45, 2.75) is 43.2 Å². The Morgan fingerprint density at radius 3 is 2.75 bits per heavy atom. The number of rotatable bonds is 3. The Labute approximate surface area is 191 Å². The predicted octanol–water partition coefficient (Wildman–Crippen LogP) is 3.72. The van der Waals surface area contributed by atoms with E-state index in [9.17, 15) is 9.59 Å². The number of hydrogen-bond acceptors (Lipinski definition) is 4. The Hall–Kier alpha value is -3.01. The lowest BCUT2D eigenvalue weighted by molar-refractivity contribution is -0.130. The minimum absolute atomic E-state index is 0.00192. The third-order valence-electron chi connectivity index (χ3n) is 6.61. The number of carbonyl (C=O) groups is 2. The van der Waals surface area contributed by atoms with Gasteiger partial charge in [0.1, 0.15) is 17.3 Å². The van der Waals surface area contributed by atoms with Crippen LogP contribution in [0.3, 0.4) is 0 Å². The number of halogens is 1. The third kappa shape index (κ3) is 3.42. The summed E-state index contributed by atoms with van der Waals surface area (Å²) in [5.41, 5.74) is 1.88. The zero-order chi connectivity index (χ0) is 22.3. The fourth-order valence-electron chi connectivity index (χ4n) is 5.00. The van der Waals surface area contributed by atoms with Crippen LogP contribution in [0, 0.1) is 12.3 Å². The average molecular weight is 451 g/mol. The van der Waals surface area contributed by atoms with Crippen molar-refractivity contribution in [3.05, 3.63) is 58.1 Å². The molecule has 0 aliphatic carbocycles. The maximum atomic E-state index is 13.5. The molecular weight excluding hydrogens is 428 g/mol. The fraction of sp³-hybridized carbons (Fsp3) is 0.360. The minimum atomic E-state index is -0.977. The lowest BCUT2D eigenvalue weighted by atomic mass is 9.67. The Morgan fingerprint density at radius 2 is 1.97 bits per heavy atom. The lowest BCUT2D eigenvalue weighted by Gasteiger charge is -2.41. The molecule has 2 atom stereocenters. The molecule has 3 aliphatic rings. The van der Waals surface area contributed by atoms with Gasteiger partial charge >= 0.3 is 0 Å². The Kier molecular flexibility index (Phi) is 5.32. The van der Waals surface area contributed by atoms with Gasteiger partial charge in [0.2, 0.25) is 11.8 Å². The van der Waals surface area contributed by atoms with Gasteiger partial charge in [-0.05, 0) is 42.3 Å². The van der Waals surface area contributed by atoms with Crippen molar-refractivity contribution >= 4 is 29.1 Å². The van der Waals surface area contributed by atoms with Gasteiger partial charge in [-0.15, -0.1) is 6.42 Å². The van der Waals surface area contributed by atoms with Crippen molar-refractivity contribution in [2.24, 2.45) is 0 Å². The molecule has 2 aromatic carbocycles. The molecule has 164 valence electrons. The normalized spacial score (nSPS) is 25.1. The quantitative estimate of drug-likeness (QED) is 0.699. The number of hydrogen-bond donors (Lipinski definition) is 2. The first-order valence-corrected chi connectivity index (χ1v) is 11.1. The van der Waals surface area contributed by atoms with E-state index >= 15 is 0 Å². The molecule has 2 amide bonds. The number of carbonyl (C=O) groups excluding carboxylic acids is 2. The Bertz CT molecular complexity index is 1140. The number of anilines is 1. The summed E-state index contributed by atoms with van der Waals surface area (Å²) in [5, 5.41) is 6.58. The number of terminal acetylenes is 1. The first kappa shape index (κ1) is 20.9. The molecule has 2 aromatic rings. The summed E-state index contributed by atoms with van der Waals surface area (Å²) in [5.74, 6) is 3.01. The molecule has 6 nitrogen and oxygen atoms in total. The molecule has 1 spiro atoms. The number of benzene rings is 2. The molecule has 3 heterocycles. The van der Waals surface area contributed by atoms with Gasteiger partial charge in [0, 0.05) is 41.1 Å². The van der Waals surface area contributed by atoms with Crippen molar-refractivity contribution in [3.8, 4) is 18.1 Å². The predicted molar refractivity (Wildman–Crippen MR) is 121 cm³/mol. The van der Waals surface area contributed by atoms with Crippen LogP contribution < -0.4 is 15.4 Å². The van der Waals surface area contributed by atoms with Gasteiger partial charge in [0.05, 0.1) is 19.3 Å². The van der Waals surface area contributed by atoms with E-state index in [4.69, 9.17) is 27.5 Å². The van der Waals surface area contributed by atoms with E-state index < -0.39 is 11.5 Å². The second-order valence-corrected chi connectivity index (χ2v) is 8.88. The molecule has 32 heavy (non-hydrogen) atoms. The van der Waals surface area contributed by atoms with E-state index in [1.54, 1.807) is 12.1 Å². The zero-order valence-electron chi connectivity index (χ0n) is 17.4. The first-order chi connectivity index (χ1) is 15.5. The van der Waals surface area contributed by atoms with E-state index in [2.05, 4.69) is 16.6 Å². The molecule has 0 aromatic heterocycles. The van der Waals surface area contributed by atoms with Crippen LogP contribution in [0.4, 0.5) is 5.69 Å². The topological polar surface area (TPSA) is 76.7 Å². The van der Waals surface area contributed by atoms with Gasteiger partial charge in [0.25, 0.3) is 0 Å². The van der Waals surface area contributed by atoms with Crippen LogP contribution in [0.5, 0.6) is 5.75 Å². The number of ether oxygens (including phenoxy) is 2. The molecule has 0 unspecified atom stereocenters. The second-order valence-electron chi connectivity index (χ2n) is 8.44. The van der Waals surface area contributed by atoms with Crippen molar-refractivity contribution in [1.82, 2.24) is 5.32 Å². The molecule has 3 aliphatic heterocycles. The van der Waals surface area contributed by atoms with Crippen LogP contribution >= 0.6 is 11.6 Å². The highest BCUT2D eigenvalue weighted by Gasteiger charge is 2.56. The lowest BCUT2D eigenvalue weighted by Crippen LogP contribution is -2.52. The number of amides is 2. The zero-order valence-corrected chi connectivity index (χ0v) is 18.2. The summed E-state index contributed by atoms with van der Waals surface area (Å²) < 4.78 is 11.8. The van der Waals surface area contributed by atoms with Gasteiger partial charge in [0.15, 0.2) is 0 Å². The largest absolute Gasteiger partial charge is 0.490 e. The van der Waals surface area contributed by atoms with Gasteiger partial charge in [-0.25, -0.2) is 0 Å². The van der Waals surface area contributed by atoms with Crippen molar-refractivity contribution in [2.75, 3.05) is 18.5 Å². The molecule has 0 bridgehead atoms. The van der Waals surface area contributed by atoms with E-state index in [-0.39, 0.29) is 24.3 Å². The summed E-state index contributed by atoms with van der Waals surface area (Å²) >= 11 is 6.17. The van der Waals surface area contributed by atoms with Crippen LogP contribution in [0.2, 0.25) is 5.02 Å². The Morgan fingerprint density at radius 1 is 1.16 bits per heavy atom. The maximum Gasteiger partial charge on any atom is 0.237 e. The van der Waals surface area contributed by atoms with Crippen molar-refractivity contribution < 1.29 is 19.1 Å². The van der Waals surface area contributed by atoms with Crippen LogP contribution in [-0.4, -0.2) is 31.1 Å². The van der Waals surface area contributed by atoms with Crippen LogP contribution in [0.1, 0.15) is 48.4 Å². The van der Waals surface area contributed by atoms with Gasteiger partial charge in [-0.1, -0.05) is 23.6 Å². The number of fused-ring (bicyclic) bond motifs is 2. The van der Waals surface area contributed by atoms with Crippen LogP contribution in [-0.2, 0) is 19.7 Å². The summed E-state index contributed by atoms with van der Waals surface area (Å²) in [6.07, 6.45) is 7.86. The van der Waals surface area contributed by atoms with E-state index in [1.807, 2.05) is 24.3 Å². The van der Waals surface area contributed by atoms with Gasteiger partial charge < -0.3 is 20.1 Å². The average Bonchev–Trinajstić information content (AvgIpc) is 3.07. The highest BCUT2D eigenvalue weighted by molar-refractivity contribution is 6.31. The van der Waals surface area contributed by atoms with Crippen molar-refractivity contribution in [3.63, 3.8) is 0 Å². The molecule has 2 saturated heterocycles. The first-order valence-electron chi connectivity index (χ1n) is 10.8. The summed E-state index contributed by atoms with van der Waals surface area (Å²) in [4.78, 5) is 26.0. The van der Waals surface area contributed by atoms with E-state index in [0.717, 1.165) is 18.4 Å². The van der Waals surface area contributed by atoms with Gasteiger partial charge in [-0.2, -0.15) is 0 Å². The molecule has 2 fully saturated rings. The number of piperidine rings is 1. The summed E-state index contributed by atoms with van der Waals surface area (Å²) in [7, 11) is 0. The molecule has 5 rings (SSSR count). The highest BCUT2D eigenvalue weighted by atomic mass is 35.5. The molecule has 7 heteroatoms. The maximum absolute atomic E-state index is 13.5. The van der Waals surface area contributed by atoms with E-state index in [1.165, 1.54) is 0 Å². The molecule has 2 N–H and O–H groups in total. The summed E-state index contributed by atoms with van der Waals surface area (Å²) in [6.45, 7) is 1.28. The monoisotopic (exact) mass is 450 g/mol. The fourth-order valence-corrected chi connectivity index (χ4v) is 5.17. The Balaban J connectivity index is 1.64. The molecule has 0 radical (unpaired) electrons. The standard InChI is InChI=1S/C25H23ClN2O4/c1-2-15-3-6-21(32-17-8-11-31-12-9-17)18(13-15)23-25(10-7-22(29)28-23)19-5-4-16(26)14-20(19)27-24(25)30/h1,3-6,13-14,17,23H,7-12H2,(H,27,30)(H,28,29)/t23-,25-/m1/s1. The molecular formula is C25H23ClN2O4. The number of nitrogens with one attached hydrogen (secondary N) is 2. The van der Waals surface area contributed by atoms with E-state index in [0.29, 0.717) is 47.2 Å². The van der Waals surface area contributed by atoms with Crippen LogP contribution in [0.25, 0.3) is 0 Å². The van der Waals surface area contributed by atoms with Gasteiger partial charge in [-0.3, -0.25) is 9.59 Å². The summed E-state index contributed by atoms with van der Waals surface area (Å²) in [6, 6.07) is 10.2. The van der Waals surface area contributed by atoms with Crippen molar-refractivity contribution in [1.29, 1.82) is 0 Å². The SMILES string of the molecule is C#Cc1ccc(OC2CCOCC2)c([C@H]2NC(=O)CC[C@]23C(=O)Nc2cc(Cl)ccc23)c1. The smallest absolute Gasteiger partial charge is 0.237 e. The highest BCUT2D eigenvalue weighted by Crippen LogP contribution is 2.52. The molecule has 0 saturated carbocycles. The third-order valence-corrected chi connectivity index (χ3v) is 6.84. The minimum Gasteiger partial charge on any atom is -0.490 e. The second kappa shape index (κ2) is 8.16.